The van der Waals surface area contributed by atoms with Gasteiger partial charge in [-0.05, 0) is 33.3 Å². The van der Waals surface area contributed by atoms with Crippen LogP contribution < -0.4 is 5.32 Å². The van der Waals surface area contributed by atoms with Crippen molar-refractivity contribution in [2.45, 2.75) is 46.2 Å². The van der Waals surface area contributed by atoms with Gasteiger partial charge in [0, 0.05) is 5.54 Å². The van der Waals surface area contributed by atoms with Gasteiger partial charge in [-0.25, -0.2) is 4.79 Å². The second kappa shape index (κ2) is 5.36. The first kappa shape index (κ1) is 13.8. The molecule has 0 saturated carbocycles. The minimum absolute atomic E-state index is 0.0616. The summed E-state index contributed by atoms with van der Waals surface area (Å²) in [6.45, 7) is 8.76. The highest BCUT2D eigenvalue weighted by molar-refractivity contribution is 5.90. The summed E-state index contributed by atoms with van der Waals surface area (Å²) < 4.78 is 10.2. The van der Waals surface area contributed by atoms with Gasteiger partial charge in [0.1, 0.15) is 17.1 Å². The third-order valence-corrected chi connectivity index (χ3v) is 3.00. The molecule has 1 heterocycles. The summed E-state index contributed by atoms with van der Waals surface area (Å²) in [5.41, 5.74) is 0.560. The first-order valence-corrected chi connectivity index (χ1v) is 5.82. The zero-order chi connectivity index (χ0) is 13.1. The SMILES string of the molecule is CCC(C)(C)NCc1cc(C(=O)OC)c(C)o1. The van der Waals surface area contributed by atoms with E-state index < -0.39 is 0 Å². The first-order valence-electron chi connectivity index (χ1n) is 5.82. The summed E-state index contributed by atoms with van der Waals surface area (Å²) in [5.74, 6) is 1.000. The van der Waals surface area contributed by atoms with Gasteiger partial charge in [0.2, 0.25) is 0 Å². The number of carbonyl (C=O) groups is 1. The van der Waals surface area contributed by atoms with Crippen LogP contribution in [0.15, 0.2) is 10.5 Å². The third kappa shape index (κ3) is 3.60. The van der Waals surface area contributed by atoms with E-state index in [9.17, 15) is 4.79 Å². The van der Waals surface area contributed by atoms with E-state index in [1.54, 1.807) is 13.0 Å². The summed E-state index contributed by atoms with van der Waals surface area (Å²) in [6.07, 6.45) is 1.02. The molecule has 0 bridgehead atoms. The Morgan fingerprint density at radius 1 is 1.53 bits per heavy atom. The van der Waals surface area contributed by atoms with Gasteiger partial charge in [-0.1, -0.05) is 6.92 Å². The van der Waals surface area contributed by atoms with Crippen molar-refractivity contribution in [3.63, 3.8) is 0 Å². The van der Waals surface area contributed by atoms with Gasteiger partial charge in [0.25, 0.3) is 0 Å². The largest absolute Gasteiger partial charge is 0.465 e. The van der Waals surface area contributed by atoms with E-state index in [0.29, 0.717) is 17.9 Å². The second-order valence-corrected chi connectivity index (χ2v) is 4.77. The summed E-state index contributed by atoms with van der Waals surface area (Å²) in [7, 11) is 1.37. The van der Waals surface area contributed by atoms with Crippen LogP contribution in [0.1, 0.15) is 49.1 Å². The molecule has 17 heavy (non-hydrogen) atoms. The van der Waals surface area contributed by atoms with Gasteiger partial charge in [-0.15, -0.1) is 0 Å². The highest BCUT2D eigenvalue weighted by Crippen LogP contribution is 2.17. The number of methoxy groups -OCH3 is 1. The molecule has 4 nitrogen and oxygen atoms in total. The van der Waals surface area contributed by atoms with E-state index in [4.69, 9.17) is 4.42 Å². The molecule has 1 aromatic rings. The Balaban J connectivity index is 2.71. The Morgan fingerprint density at radius 2 is 2.18 bits per heavy atom. The zero-order valence-electron chi connectivity index (χ0n) is 11.2. The fourth-order valence-electron chi connectivity index (χ4n) is 1.39. The molecule has 1 N–H and O–H groups in total. The predicted molar refractivity (Wildman–Crippen MR) is 66.0 cm³/mol. The summed E-state index contributed by atoms with van der Waals surface area (Å²) >= 11 is 0. The molecule has 0 amide bonds. The normalized spacial score (nSPS) is 11.6. The van der Waals surface area contributed by atoms with E-state index in [-0.39, 0.29) is 11.5 Å². The highest BCUT2D eigenvalue weighted by atomic mass is 16.5. The quantitative estimate of drug-likeness (QED) is 0.802. The van der Waals surface area contributed by atoms with Crippen molar-refractivity contribution < 1.29 is 13.9 Å². The lowest BCUT2D eigenvalue weighted by Gasteiger charge is -2.23. The second-order valence-electron chi connectivity index (χ2n) is 4.77. The van der Waals surface area contributed by atoms with E-state index in [2.05, 4.69) is 30.8 Å². The topological polar surface area (TPSA) is 51.5 Å². The molecule has 1 aromatic heterocycles. The maximum absolute atomic E-state index is 11.4. The van der Waals surface area contributed by atoms with Crippen LogP contribution in [0.5, 0.6) is 0 Å². The number of hydrogen-bond acceptors (Lipinski definition) is 4. The van der Waals surface area contributed by atoms with Gasteiger partial charge in [-0.2, -0.15) is 0 Å². The van der Waals surface area contributed by atoms with Gasteiger partial charge < -0.3 is 14.5 Å². The van der Waals surface area contributed by atoms with E-state index in [1.165, 1.54) is 7.11 Å². The standard InChI is InChI=1S/C13H21NO3/c1-6-13(3,4)14-8-10-7-11(9(2)17-10)12(15)16-5/h7,14H,6,8H2,1-5H3. The average molecular weight is 239 g/mol. The summed E-state index contributed by atoms with van der Waals surface area (Å²) in [4.78, 5) is 11.4. The van der Waals surface area contributed by atoms with Gasteiger partial charge in [0.15, 0.2) is 0 Å². The Morgan fingerprint density at radius 3 is 2.71 bits per heavy atom. The fraction of sp³-hybridized carbons (Fsp3) is 0.615. The lowest BCUT2D eigenvalue weighted by Crippen LogP contribution is -2.37. The van der Waals surface area contributed by atoms with Crippen LogP contribution in [0.4, 0.5) is 0 Å². The molecule has 0 atom stereocenters. The first-order chi connectivity index (χ1) is 7.89. The van der Waals surface area contributed by atoms with E-state index in [1.807, 2.05) is 0 Å². The molecule has 0 aromatic carbocycles. The van der Waals surface area contributed by atoms with E-state index >= 15 is 0 Å². The van der Waals surface area contributed by atoms with Crippen LogP contribution in [0.2, 0.25) is 0 Å². The van der Waals surface area contributed by atoms with Crippen molar-refractivity contribution >= 4 is 5.97 Å². The smallest absolute Gasteiger partial charge is 0.341 e. The minimum Gasteiger partial charge on any atom is -0.465 e. The van der Waals surface area contributed by atoms with Crippen molar-refractivity contribution in [3.05, 3.63) is 23.2 Å². The highest BCUT2D eigenvalue weighted by Gasteiger charge is 2.18. The van der Waals surface area contributed by atoms with Crippen LogP contribution in [0.3, 0.4) is 0 Å². The molecule has 1 rings (SSSR count). The number of nitrogens with one attached hydrogen (secondary N) is 1. The minimum atomic E-state index is -0.354. The van der Waals surface area contributed by atoms with Crippen LogP contribution >= 0.6 is 0 Å². The van der Waals surface area contributed by atoms with Gasteiger partial charge in [0.05, 0.1) is 13.7 Å². The molecular weight excluding hydrogens is 218 g/mol. The molecule has 0 unspecified atom stereocenters. The Hall–Kier alpha value is -1.29. The Kier molecular flexibility index (Phi) is 4.34. The molecule has 0 saturated heterocycles. The summed E-state index contributed by atoms with van der Waals surface area (Å²) in [6, 6.07) is 1.74. The van der Waals surface area contributed by atoms with Crippen molar-refractivity contribution in [2.75, 3.05) is 7.11 Å². The fourth-order valence-corrected chi connectivity index (χ4v) is 1.39. The van der Waals surface area contributed by atoms with Crippen molar-refractivity contribution in [1.82, 2.24) is 5.32 Å². The maximum atomic E-state index is 11.4. The van der Waals surface area contributed by atoms with E-state index in [0.717, 1.165) is 12.2 Å². The number of rotatable bonds is 5. The number of carbonyl (C=O) groups excluding carboxylic acids is 1. The zero-order valence-corrected chi connectivity index (χ0v) is 11.2. The molecule has 0 fully saturated rings. The molecule has 0 aliphatic rings. The molecule has 0 spiro atoms. The van der Waals surface area contributed by atoms with Crippen molar-refractivity contribution in [3.8, 4) is 0 Å². The van der Waals surface area contributed by atoms with Gasteiger partial charge in [-0.3, -0.25) is 0 Å². The number of hydrogen-bond donors (Lipinski definition) is 1. The van der Waals surface area contributed by atoms with Crippen LogP contribution in [-0.4, -0.2) is 18.6 Å². The third-order valence-electron chi connectivity index (χ3n) is 3.00. The molecular formula is C13H21NO3. The number of ether oxygens (including phenoxy) is 1. The van der Waals surface area contributed by atoms with Crippen LogP contribution in [0, 0.1) is 6.92 Å². The number of furan rings is 1. The molecule has 0 aliphatic heterocycles. The maximum Gasteiger partial charge on any atom is 0.341 e. The monoisotopic (exact) mass is 239 g/mol. The predicted octanol–water partition coefficient (Wildman–Crippen LogP) is 2.65. The average Bonchev–Trinajstić information content (AvgIpc) is 2.67. The summed E-state index contributed by atoms with van der Waals surface area (Å²) in [5, 5.41) is 3.38. The molecule has 0 radical (unpaired) electrons. The van der Waals surface area contributed by atoms with Crippen LogP contribution in [0.25, 0.3) is 0 Å². The lowest BCUT2D eigenvalue weighted by molar-refractivity contribution is 0.0599. The Labute approximate surface area is 102 Å². The lowest BCUT2D eigenvalue weighted by atomic mass is 10.0. The Bertz CT molecular complexity index is 393. The van der Waals surface area contributed by atoms with Crippen molar-refractivity contribution in [2.24, 2.45) is 0 Å². The molecule has 96 valence electrons. The molecule has 0 aliphatic carbocycles. The number of esters is 1. The number of aryl methyl sites for hydroxylation is 1. The molecule has 4 heteroatoms. The van der Waals surface area contributed by atoms with Crippen molar-refractivity contribution in [1.29, 1.82) is 0 Å². The van der Waals surface area contributed by atoms with Gasteiger partial charge >= 0.3 is 5.97 Å². The van der Waals surface area contributed by atoms with Crippen LogP contribution in [-0.2, 0) is 11.3 Å².